The molecule has 2 saturated heterocycles. The van der Waals surface area contributed by atoms with Crippen molar-refractivity contribution in [2.75, 3.05) is 32.8 Å². The summed E-state index contributed by atoms with van der Waals surface area (Å²) in [5, 5.41) is 0. The number of likely N-dealkylation sites (N-methyl/N-ethyl adjacent to an activating group) is 1. The van der Waals surface area contributed by atoms with Crippen molar-refractivity contribution in [3.05, 3.63) is 24.2 Å². The molecule has 6 heteroatoms. The van der Waals surface area contributed by atoms with E-state index in [-0.39, 0.29) is 29.7 Å². The second-order valence-corrected chi connectivity index (χ2v) is 5.61. The van der Waals surface area contributed by atoms with Crippen LogP contribution in [0.1, 0.15) is 30.3 Å². The molecule has 1 aromatic heterocycles. The molecule has 6 nitrogen and oxygen atoms in total. The van der Waals surface area contributed by atoms with Gasteiger partial charge < -0.3 is 19.0 Å². The van der Waals surface area contributed by atoms with Gasteiger partial charge in [-0.1, -0.05) is 0 Å². The van der Waals surface area contributed by atoms with Gasteiger partial charge >= 0.3 is 0 Å². The summed E-state index contributed by atoms with van der Waals surface area (Å²) in [5.41, 5.74) is -0.287. The number of piperazine rings is 1. The Labute approximate surface area is 123 Å². The van der Waals surface area contributed by atoms with Gasteiger partial charge in [-0.15, -0.1) is 0 Å². The van der Waals surface area contributed by atoms with Crippen LogP contribution < -0.4 is 0 Å². The van der Waals surface area contributed by atoms with Crippen LogP contribution in [-0.4, -0.2) is 60.0 Å². The Morgan fingerprint density at radius 1 is 1.38 bits per heavy atom. The first-order chi connectivity index (χ1) is 10.2. The summed E-state index contributed by atoms with van der Waals surface area (Å²) in [6.45, 7) is 4.59. The third kappa shape index (κ3) is 2.44. The van der Waals surface area contributed by atoms with E-state index in [0.29, 0.717) is 26.3 Å². The van der Waals surface area contributed by atoms with Crippen molar-refractivity contribution in [3.63, 3.8) is 0 Å². The second kappa shape index (κ2) is 5.52. The molecule has 1 aromatic rings. The predicted molar refractivity (Wildman–Crippen MR) is 74.8 cm³/mol. The number of hydrogen-bond acceptors (Lipinski definition) is 4. The van der Waals surface area contributed by atoms with Crippen molar-refractivity contribution in [2.45, 2.75) is 25.3 Å². The van der Waals surface area contributed by atoms with Gasteiger partial charge in [0.15, 0.2) is 5.76 Å². The number of hydrogen-bond donors (Lipinski definition) is 0. The highest BCUT2D eigenvalue weighted by atomic mass is 16.5. The molecule has 0 bridgehead atoms. The third-order valence-corrected chi connectivity index (χ3v) is 4.44. The van der Waals surface area contributed by atoms with E-state index in [9.17, 15) is 9.59 Å². The number of rotatable bonds is 2. The zero-order valence-corrected chi connectivity index (χ0v) is 12.2. The number of carbonyl (C=O) groups is 2. The van der Waals surface area contributed by atoms with Crippen LogP contribution in [-0.2, 0) is 9.53 Å². The fourth-order valence-corrected chi connectivity index (χ4v) is 3.40. The molecule has 3 heterocycles. The molecular formula is C15H20N2O4. The molecule has 0 aliphatic carbocycles. The molecule has 0 saturated carbocycles. The molecular weight excluding hydrogens is 272 g/mol. The van der Waals surface area contributed by atoms with Crippen LogP contribution in [0.4, 0.5) is 0 Å². The van der Waals surface area contributed by atoms with Gasteiger partial charge in [0.2, 0.25) is 5.91 Å². The van der Waals surface area contributed by atoms with E-state index in [1.165, 1.54) is 6.26 Å². The third-order valence-electron chi connectivity index (χ3n) is 4.44. The van der Waals surface area contributed by atoms with E-state index in [1.807, 2.05) is 11.8 Å². The highest BCUT2D eigenvalue weighted by Crippen LogP contribution is 2.32. The lowest BCUT2D eigenvalue weighted by Gasteiger charge is -2.51. The summed E-state index contributed by atoms with van der Waals surface area (Å²) in [7, 11) is 0. The van der Waals surface area contributed by atoms with E-state index in [4.69, 9.17) is 9.15 Å². The highest BCUT2D eigenvalue weighted by molar-refractivity contribution is 5.95. The lowest BCUT2D eigenvalue weighted by atomic mass is 9.85. The SMILES string of the molecule is CCN1C(=O)CN(C(=O)c2ccco2)CC12CCOCC2. The molecule has 0 N–H and O–H groups in total. The van der Waals surface area contributed by atoms with E-state index in [2.05, 4.69) is 0 Å². The van der Waals surface area contributed by atoms with Crippen molar-refractivity contribution >= 4 is 11.8 Å². The smallest absolute Gasteiger partial charge is 0.290 e. The first kappa shape index (κ1) is 14.1. The summed E-state index contributed by atoms with van der Waals surface area (Å²) in [5.74, 6) is 0.0792. The molecule has 3 rings (SSSR count). The van der Waals surface area contributed by atoms with Crippen LogP contribution in [0.5, 0.6) is 0 Å². The maximum absolute atomic E-state index is 12.5. The number of furan rings is 1. The maximum atomic E-state index is 12.5. The minimum atomic E-state index is -0.287. The molecule has 2 aliphatic rings. The zero-order chi connectivity index (χ0) is 14.9. The Balaban J connectivity index is 1.85. The fourth-order valence-electron chi connectivity index (χ4n) is 3.40. The van der Waals surface area contributed by atoms with Gasteiger partial charge in [0.25, 0.3) is 5.91 Å². The minimum Gasteiger partial charge on any atom is -0.459 e. The van der Waals surface area contributed by atoms with Crippen LogP contribution in [0, 0.1) is 0 Å². The summed E-state index contributed by atoms with van der Waals surface area (Å²) < 4.78 is 10.6. The Bertz CT molecular complexity index is 520. The standard InChI is InChI=1S/C15H20N2O4/c1-2-17-13(18)10-16(14(19)12-4-3-7-21-12)11-15(17)5-8-20-9-6-15/h3-4,7H,2,5-6,8-11H2,1H3. The van der Waals surface area contributed by atoms with Crippen LogP contribution in [0.25, 0.3) is 0 Å². The van der Waals surface area contributed by atoms with Gasteiger partial charge in [-0.2, -0.15) is 0 Å². The van der Waals surface area contributed by atoms with Gasteiger partial charge in [-0.25, -0.2) is 0 Å². The van der Waals surface area contributed by atoms with Crippen LogP contribution in [0.3, 0.4) is 0 Å². The van der Waals surface area contributed by atoms with Crippen LogP contribution in [0.2, 0.25) is 0 Å². The summed E-state index contributed by atoms with van der Waals surface area (Å²) in [6.07, 6.45) is 3.02. The molecule has 0 unspecified atom stereocenters. The normalized spacial score (nSPS) is 21.9. The van der Waals surface area contributed by atoms with Gasteiger partial charge in [0.05, 0.1) is 11.8 Å². The lowest BCUT2D eigenvalue weighted by Crippen LogP contribution is -2.67. The van der Waals surface area contributed by atoms with Crippen molar-refractivity contribution in [1.82, 2.24) is 9.80 Å². The molecule has 0 aromatic carbocycles. The molecule has 1 spiro atoms. The Morgan fingerprint density at radius 3 is 2.76 bits per heavy atom. The molecule has 21 heavy (non-hydrogen) atoms. The van der Waals surface area contributed by atoms with Crippen molar-refractivity contribution in [3.8, 4) is 0 Å². The van der Waals surface area contributed by atoms with Gasteiger partial charge in [0, 0.05) is 26.3 Å². The summed E-state index contributed by atoms with van der Waals surface area (Å²) >= 11 is 0. The number of carbonyl (C=O) groups excluding carboxylic acids is 2. The number of nitrogens with zero attached hydrogens (tertiary/aromatic N) is 2. The summed E-state index contributed by atoms with van der Waals surface area (Å²) in [4.78, 5) is 28.4. The molecule has 0 radical (unpaired) electrons. The van der Waals surface area contributed by atoms with E-state index in [0.717, 1.165) is 12.8 Å². The fraction of sp³-hybridized carbons (Fsp3) is 0.600. The Hall–Kier alpha value is -1.82. The zero-order valence-electron chi connectivity index (χ0n) is 12.2. The molecule has 2 fully saturated rings. The minimum absolute atomic E-state index is 0.00514. The second-order valence-electron chi connectivity index (χ2n) is 5.61. The Morgan fingerprint density at radius 2 is 2.14 bits per heavy atom. The molecule has 2 amide bonds. The highest BCUT2D eigenvalue weighted by Gasteiger charge is 2.47. The predicted octanol–water partition coefficient (Wildman–Crippen LogP) is 1.13. The van der Waals surface area contributed by atoms with E-state index in [1.54, 1.807) is 17.0 Å². The molecule has 0 atom stereocenters. The topological polar surface area (TPSA) is 63.0 Å². The lowest BCUT2D eigenvalue weighted by molar-refractivity contribution is -0.150. The summed E-state index contributed by atoms with van der Waals surface area (Å²) in [6, 6.07) is 3.32. The van der Waals surface area contributed by atoms with E-state index < -0.39 is 0 Å². The number of ether oxygens (including phenoxy) is 1. The molecule has 2 aliphatic heterocycles. The van der Waals surface area contributed by atoms with Crippen LogP contribution >= 0.6 is 0 Å². The monoisotopic (exact) mass is 292 g/mol. The molecule has 114 valence electrons. The largest absolute Gasteiger partial charge is 0.459 e. The van der Waals surface area contributed by atoms with Crippen molar-refractivity contribution < 1.29 is 18.7 Å². The van der Waals surface area contributed by atoms with Gasteiger partial charge in [-0.3, -0.25) is 9.59 Å². The van der Waals surface area contributed by atoms with Crippen molar-refractivity contribution in [2.24, 2.45) is 0 Å². The first-order valence-corrected chi connectivity index (χ1v) is 7.37. The van der Waals surface area contributed by atoms with Gasteiger partial charge in [-0.05, 0) is 31.9 Å². The average molecular weight is 292 g/mol. The first-order valence-electron chi connectivity index (χ1n) is 7.37. The van der Waals surface area contributed by atoms with E-state index >= 15 is 0 Å². The Kier molecular flexibility index (Phi) is 3.71. The van der Waals surface area contributed by atoms with Crippen LogP contribution in [0.15, 0.2) is 22.8 Å². The maximum Gasteiger partial charge on any atom is 0.290 e. The van der Waals surface area contributed by atoms with Gasteiger partial charge in [0.1, 0.15) is 6.54 Å². The quantitative estimate of drug-likeness (QED) is 0.820. The average Bonchev–Trinajstić information content (AvgIpc) is 3.01. The number of amides is 2. The van der Waals surface area contributed by atoms with Crippen molar-refractivity contribution in [1.29, 1.82) is 0 Å².